The normalized spacial score (nSPS) is 21.9. The zero-order valence-corrected chi connectivity index (χ0v) is 12.0. The minimum atomic E-state index is -0.390. The Bertz CT molecular complexity index is 493. The second kappa shape index (κ2) is 7.17. The molecule has 0 atom stereocenters. The number of nitrogens with one attached hydrogen (secondary N) is 1. The number of nitrogens with two attached hydrogens (primary N) is 1. The lowest BCUT2D eigenvalue weighted by Gasteiger charge is -2.27. The van der Waals surface area contributed by atoms with Gasteiger partial charge >= 0.3 is 0 Å². The van der Waals surface area contributed by atoms with Crippen LogP contribution in [-0.4, -0.2) is 23.4 Å². The molecular formula is C15H21N3O3. The van der Waals surface area contributed by atoms with E-state index in [1.54, 1.807) is 12.1 Å². The van der Waals surface area contributed by atoms with Gasteiger partial charge in [0.05, 0.1) is 4.92 Å². The van der Waals surface area contributed by atoms with Gasteiger partial charge < -0.3 is 11.1 Å². The van der Waals surface area contributed by atoms with E-state index in [1.807, 2.05) is 0 Å². The summed E-state index contributed by atoms with van der Waals surface area (Å²) in [7, 11) is 0. The summed E-state index contributed by atoms with van der Waals surface area (Å²) in [5, 5.41) is 14.0. The summed E-state index contributed by atoms with van der Waals surface area (Å²) in [6, 6.07) is 7.10. The molecule has 0 radical (unpaired) electrons. The molecule has 1 saturated carbocycles. The van der Waals surface area contributed by atoms with Crippen molar-refractivity contribution in [2.45, 2.75) is 38.1 Å². The Balaban J connectivity index is 1.70. The number of primary amides is 1. The van der Waals surface area contributed by atoms with E-state index in [9.17, 15) is 14.9 Å². The molecule has 1 amide bonds. The van der Waals surface area contributed by atoms with Gasteiger partial charge in [-0.3, -0.25) is 14.9 Å². The largest absolute Gasteiger partial charge is 0.369 e. The van der Waals surface area contributed by atoms with E-state index in [-0.39, 0.29) is 22.4 Å². The maximum absolute atomic E-state index is 11.1. The van der Waals surface area contributed by atoms with Gasteiger partial charge in [-0.25, -0.2) is 0 Å². The molecule has 0 aliphatic heterocycles. The van der Waals surface area contributed by atoms with Crippen LogP contribution in [0.1, 0.15) is 31.2 Å². The van der Waals surface area contributed by atoms with E-state index in [2.05, 4.69) is 5.32 Å². The minimum absolute atomic E-state index is 0.0396. The number of hydrogen-bond acceptors (Lipinski definition) is 4. The molecule has 6 nitrogen and oxygen atoms in total. The molecule has 0 bridgehead atoms. The van der Waals surface area contributed by atoms with Crippen LogP contribution in [0.5, 0.6) is 0 Å². The van der Waals surface area contributed by atoms with Crippen molar-refractivity contribution in [1.29, 1.82) is 0 Å². The summed E-state index contributed by atoms with van der Waals surface area (Å²) < 4.78 is 0. The van der Waals surface area contributed by atoms with Crippen molar-refractivity contribution in [3.05, 3.63) is 39.9 Å². The fraction of sp³-hybridized carbons (Fsp3) is 0.533. The third-order valence-electron chi connectivity index (χ3n) is 4.12. The van der Waals surface area contributed by atoms with Gasteiger partial charge in [-0.05, 0) is 44.2 Å². The Morgan fingerprint density at radius 1 is 1.24 bits per heavy atom. The number of benzene rings is 1. The van der Waals surface area contributed by atoms with E-state index >= 15 is 0 Å². The standard InChI is InChI=1S/C15H21N3O3/c16-15(19)12-3-5-13(6-4-12)17-10-9-11-1-7-14(8-2-11)18(20)21/h1-2,7-8,12-13,17H,3-6,9-10H2,(H2,16,19). The molecule has 114 valence electrons. The SMILES string of the molecule is NC(=O)C1CCC(NCCc2ccc([N+](=O)[O-])cc2)CC1. The topological polar surface area (TPSA) is 98.3 Å². The van der Waals surface area contributed by atoms with Crippen LogP contribution >= 0.6 is 0 Å². The number of nitro groups is 1. The zero-order valence-electron chi connectivity index (χ0n) is 12.0. The molecule has 3 N–H and O–H groups in total. The molecule has 0 aromatic heterocycles. The average molecular weight is 291 g/mol. The van der Waals surface area contributed by atoms with Crippen molar-refractivity contribution in [2.24, 2.45) is 11.7 Å². The van der Waals surface area contributed by atoms with Crippen LogP contribution in [0.3, 0.4) is 0 Å². The molecule has 0 unspecified atom stereocenters. The Morgan fingerprint density at radius 3 is 2.38 bits per heavy atom. The number of nitrogens with zero attached hydrogens (tertiary/aromatic N) is 1. The lowest BCUT2D eigenvalue weighted by Crippen LogP contribution is -2.37. The van der Waals surface area contributed by atoms with Gasteiger partial charge in [0.25, 0.3) is 5.69 Å². The van der Waals surface area contributed by atoms with E-state index in [0.29, 0.717) is 6.04 Å². The molecule has 2 rings (SSSR count). The number of non-ortho nitro benzene ring substituents is 1. The molecule has 0 heterocycles. The summed E-state index contributed by atoms with van der Waals surface area (Å²) in [5.74, 6) is -0.142. The first-order valence-electron chi connectivity index (χ1n) is 7.32. The first kappa shape index (κ1) is 15.4. The van der Waals surface area contributed by atoms with Crippen LogP contribution in [0.4, 0.5) is 5.69 Å². The summed E-state index contributed by atoms with van der Waals surface area (Å²) >= 11 is 0. The van der Waals surface area contributed by atoms with Crippen LogP contribution in [0, 0.1) is 16.0 Å². The van der Waals surface area contributed by atoms with E-state index < -0.39 is 0 Å². The summed E-state index contributed by atoms with van der Waals surface area (Å²) in [6.07, 6.45) is 4.53. The van der Waals surface area contributed by atoms with Gasteiger partial charge in [-0.15, -0.1) is 0 Å². The van der Waals surface area contributed by atoms with Gasteiger partial charge in [0.1, 0.15) is 0 Å². The molecule has 6 heteroatoms. The first-order chi connectivity index (χ1) is 10.1. The van der Waals surface area contributed by atoms with E-state index in [4.69, 9.17) is 5.73 Å². The Hall–Kier alpha value is -1.95. The second-order valence-corrected chi connectivity index (χ2v) is 5.58. The predicted molar refractivity (Wildman–Crippen MR) is 79.7 cm³/mol. The number of rotatable bonds is 6. The molecule has 1 aliphatic rings. The highest BCUT2D eigenvalue weighted by atomic mass is 16.6. The van der Waals surface area contributed by atoms with Crippen LogP contribution in [0.15, 0.2) is 24.3 Å². The van der Waals surface area contributed by atoms with Gasteiger partial charge in [-0.1, -0.05) is 12.1 Å². The Morgan fingerprint density at radius 2 is 1.86 bits per heavy atom. The lowest BCUT2D eigenvalue weighted by molar-refractivity contribution is -0.384. The average Bonchev–Trinajstić information content (AvgIpc) is 2.48. The Labute approximate surface area is 123 Å². The fourth-order valence-electron chi connectivity index (χ4n) is 2.79. The monoisotopic (exact) mass is 291 g/mol. The van der Waals surface area contributed by atoms with Crippen LogP contribution in [-0.2, 0) is 11.2 Å². The van der Waals surface area contributed by atoms with Gasteiger partial charge in [0.15, 0.2) is 0 Å². The highest BCUT2D eigenvalue weighted by Crippen LogP contribution is 2.23. The van der Waals surface area contributed by atoms with Crippen molar-refractivity contribution in [2.75, 3.05) is 6.54 Å². The third-order valence-corrected chi connectivity index (χ3v) is 4.12. The van der Waals surface area contributed by atoms with Crippen LogP contribution in [0.2, 0.25) is 0 Å². The van der Waals surface area contributed by atoms with E-state index in [0.717, 1.165) is 44.2 Å². The zero-order chi connectivity index (χ0) is 15.2. The van der Waals surface area contributed by atoms with Crippen LogP contribution in [0.25, 0.3) is 0 Å². The van der Waals surface area contributed by atoms with Gasteiger partial charge in [0, 0.05) is 24.1 Å². The number of carbonyl (C=O) groups excluding carboxylic acids is 1. The highest BCUT2D eigenvalue weighted by molar-refractivity contribution is 5.76. The second-order valence-electron chi connectivity index (χ2n) is 5.58. The molecule has 1 aromatic rings. The van der Waals surface area contributed by atoms with Gasteiger partial charge in [-0.2, -0.15) is 0 Å². The predicted octanol–water partition coefficient (Wildman–Crippen LogP) is 1.77. The molecule has 1 aliphatic carbocycles. The molecule has 1 aromatic carbocycles. The van der Waals surface area contributed by atoms with Crippen molar-refractivity contribution in [1.82, 2.24) is 5.32 Å². The van der Waals surface area contributed by atoms with E-state index in [1.165, 1.54) is 12.1 Å². The quantitative estimate of drug-likeness (QED) is 0.616. The highest BCUT2D eigenvalue weighted by Gasteiger charge is 2.23. The number of amides is 1. The maximum atomic E-state index is 11.1. The van der Waals surface area contributed by atoms with Crippen molar-refractivity contribution >= 4 is 11.6 Å². The first-order valence-corrected chi connectivity index (χ1v) is 7.32. The lowest BCUT2D eigenvalue weighted by atomic mass is 9.85. The minimum Gasteiger partial charge on any atom is -0.369 e. The molecule has 0 spiro atoms. The van der Waals surface area contributed by atoms with Crippen molar-refractivity contribution in [3.8, 4) is 0 Å². The number of hydrogen-bond donors (Lipinski definition) is 2. The summed E-state index contributed by atoms with van der Waals surface area (Å²) in [4.78, 5) is 21.3. The Kier molecular flexibility index (Phi) is 5.27. The molecule has 21 heavy (non-hydrogen) atoms. The summed E-state index contributed by atoms with van der Waals surface area (Å²) in [5.41, 5.74) is 6.52. The smallest absolute Gasteiger partial charge is 0.269 e. The fourth-order valence-corrected chi connectivity index (χ4v) is 2.79. The van der Waals surface area contributed by atoms with Crippen LogP contribution < -0.4 is 11.1 Å². The molecule has 0 saturated heterocycles. The third kappa shape index (κ3) is 4.53. The number of carbonyl (C=O) groups is 1. The van der Waals surface area contributed by atoms with Crippen molar-refractivity contribution < 1.29 is 9.72 Å². The summed E-state index contributed by atoms with van der Waals surface area (Å²) in [6.45, 7) is 0.837. The maximum Gasteiger partial charge on any atom is 0.269 e. The molecular weight excluding hydrogens is 270 g/mol. The van der Waals surface area contributed by atoms with Crippen molar-refractivity contribution in [3.63, 3.8) is 0 Å². The van der Waals surface area contributed by atoms with Gasteiger partial charge in [0.2, 0.25) is 5.91 Å². The number of nitro benzene ring substituents is 1. The molecule has 1 fully saturated rings.